The van der Waals surface area contributed by atoms with Crippen molar-refractivity contribution in [3.05, 3.63) is 11.6 Å². The molecule has 1 aliphatic rings. The number of hydrogen-bond donors (Lipinski definition) is 0. The lowest BCUT2D eigenvalue weighted by atomic mass is 9.73. The second-order valence-electron chi connectivity index (χ2n) is 17.7. The summed E-state index contributed by atoms with van der Waals surface area (Å²) < 4.78 is 5.83. The lowest BCUT2D eigenvalue weighted by molar-refractivity contribution is 0.170. The van der Waals surface area contributed by atoms with Gasteiger partial charge in [-0.3, -0.25) is 0 Å². The van der Waals surface area contributed by atoms with Crippen LogP contribution in [0.3, 0.4) is 0 Å². The predicted molar refractivity (Wildman–Crippen MR) is 178 cm³/mol. The van der Waals surface area contributed by atoms with E-state index in [2.05, 4.69) is 151 Å². The van der Waals surface area contributed by atoms with Crippen LogP contribution >= 0.6 is 0 Å². The SMILES string of the molecule is C.C.C.CC(=CC(C)(C)C)C(C)(C)C.CC(C)(C)C1OC1(C)C(C)(C)C.CC(CC(C)(C)C)C(C)(C)C. The van der Waals surface area contributed by atoms with Crippen molar-refractivity contribution in [3.8, 4) is 0 Å². The molecule has 0 N–H and O–H groups in total. The zero-order valence-electron chi connectivity index (χ0n) is 27.8. The fraction of sp³-hybridized carbons (Fsp3) is 0.944. The summed E-state index contributed by atoms with van der Waals surface area (Å²) >= 11 is 0. The van der Waals surface area contributed by atoms with Gasteiger partial charge in [0.2, 0.25) is 0 Å². The molecule has 1 rings (SSSR count). The third kappa shape index (κ3) is 19.4. The summed E-state index contributed by atoms with van der Waals surface area (Å²) in [5.74, 6) is 0.808. The van der Waals surface area contributed by atoms with Crippen molar-refractivity contribution >= 4 is 0 Å². The fourth-order valence-corrected chi connectivity index (χ4v) is 3.87. The van der Waals surface area contributed by atoms with Crippen molar-refractivity contribution in [2.75, 3.05) is 0 Å². The van der Waals surface area contributed by atoms with Crippen molar-refractivity contribution in [1.29, 1.82) is 0 Å². The Balaban J connectivity index is -0.000000133. The van der Waals surface area contributed by atoms with Crippen LogP contribution in [0.15, 0.2) is 11.6 Å². The normalized spacial score (nSPS) is 21.4. The van der Waals surface area contributed by atoms with E-state index in [-0.39, 0.29) is 38.7 Å². The summed E-state index contributed by atoms with van der Waals surface area (Å²) in [6.07, 6.45) is 4.09. The predicted octanol–water partition coefficient (Wildman–Crippen LogP) is 13.3. The minimum absolute atomic E-state index is 0. The van der Waals surface area contributed by atoms with Crippen LogP contribution in [-0.4, -0.2) is 11.7 Å². The average Bonchev–Trinajstić information content (AvgIpc) is 3.17. The Bertz CT molecular complexity index is 623. The minimum atomic E-state index is 0. The van der Waals surface area contributed by atoms with E-state index in [9.17, 15) is 0 Å². The third-order valence-corrected chi connectivity index (χ3v) is 7.31. The van der Waals surface area contributed by atoms with E-state index in [0.29, 0.717) is 27.8 Å². The Morgan fingerprint density at radius 3 is 1.16 bits per heavy atom. The number of allylic oxidation sites excluding steroid dienone is 2. The quantitative estimate of drug-likeness (QED) is 0.243. The van der Waals surface area contributed by atoms with Crippen LogP contribution in [-0.2, 0) is 4.74 Å². The Labute approximate surface area is 240 Å². The highest BCUT2D eigenvalue weighted by Crippen LogP contribution is 2.56. The molecule has 230 valence electrons. The molecule has 1 fully saturated rings. The molecule has 0 saturated carbocycles. The number of ether oxygens (including phenoxy) is 1. The molecule has 0 radical (unpaired) electrons. The molecule has 3 unspecified atom stereocenters. The first kappa shape index (κ1) is 46.5. The van der Waals surface area contributed by atoms with E-state index in [1.165, 1.54) is 12.0 Å². The maximum atomic E-state index is 5.83. The van der Waals surface area contributed by atoms with Gasteiger partial charge in [0, 0.05) is 0 Å². The smallest absolute Gasteiger partial charge is 0.0973 e. The average molecular weight is 529 g/mol. The highest BCUT2D eigenvalue weighted by molar-refractivity contribution is 5.11. The molecular weight excluding hydrogens is 448 g/mol. The number of epoxide rings is 1. The zero-order valence-corrected chi connectivity index (χ0v) is 27.8. The van der Waals surface area contributed by atoms with E-state index in [0.717, 1.165) is 5.92 Å². The number of hydrogen-bond acceptors (Lipinski definition) is 1. The van der Waals surface area contributed by atoms with Gasteiger partial charge in [-0.15, -0.1) is 0 Å². The summed E-state index contributed by atoms with van der Waals surface area (Å²) in [5, 5.41) is 0. The van der Waals surface area contributed by atoms with Crippen LogP contribution in [0.25, 0.3) is 0 Å². The first-order chi connectivity index (χ1) is 14.3. The lowest BCUT2D eigenvalue weighted by Gasteiger charge is -2.32. The Morgan fingerprint density at radius 1 is 0.730 bits per heavy atom. The standard InChI is InChI=1S/C11H22O.C11H24.C11H22.3CH4/c1-9(2,3)8-11(7,12-8)10(4,5)6;2*1-9(11(5,6)7)8-10(2,3)4;;;/h8H,1-7H3;9H,8H2,1-7H3;8H,1-7H3;3*1H4. The van der Waals surface area contributed by atoms with Gasteiger partial charge in [0.1, 0.15) is 0 Å². The maximum Gasteiger partial charge on any atom is 0.0973 e. The van der Waals surface area contributed by atoms with Crippen LogP contribution < -0.4 is 0 Å². The molecule has 1 saturated heterocycles. The van der Waals surface area contributed by atoms with Gasteiger partial charge in [-0.2, -0.15) is 0 Å². The molecule has 37 heavy (non-hydrogen) atoms. The Morgan fingerprint density at radius 2 is 1.08 bits per heavy atom. The van der Waals surface area contributed by atoms with Crippen molar-refractivity contribution in [1.82, 2.24) is 0 Å². The molecule has 0 bridgehead atoms. The summed E-state index contributed by atoms with van der Waals surface area (Å²) in [6.45, 7) is 47.7. The summed E-state index contributed by atoms with van der Waals surface area (Å²) in [4.78, 5) is 0. The molecular formula is C36H80O. The van der Waals surface area contributed by atoms with Crippen LogP contribution in [0.1, 0.15) is 174 Å². The molecule has 0 amide bonds. The summed E-state index contributed by atoms with van der Waals surface area (Å²) in [5.41, 5.74) is 3.69. The van der Waals surface area contributed by atoms with E-state index in [4.69, 9.17) is 4.74 Å². The monoisotopic (exact) mass is 529 g/mol. The van der Waals surface area contributed by atoms with Crippen LogP contribution in [0, 0.1) is 38.4 Å². The van der Waals surface area contributed by atoms with Crippen LogP contribution in [0.2, 0.25) is 0 Å². The van der Waals surface area contributed by atoms with Gasteiger partial charge in [0.05, 0.1) is 11.7 Å². The fourth-order valence-electron chi connectivity index (χ4n) is 3.87. The van der Waals surface area contributed by atoms with Gasteiger partial charge < -0.3 is 4.74 Å². The van der Waals surface area contributed by atoms with Gasteiger partial charge >= 0.3 is 0 Å². The highest BCUT2D eigenvalue weighted by atomic mass is 16.6. The highest BCUT2D eigenvalue weighted by Gasteiger charge is 2.63. The van der Waals surface area contributed by atoms with E-state index in [1.54, 1.807) is 0 Å². The topological polar surface area (TPSA) is 12.5 Å². The van der Waals surface area contributed by atoms with Crippen LogP contribution in [0.5, 0.6) is 0 Å². The second-order valence-corrected chi connectivity index (χ2v) is 17.7. The Hall–Kier alpha value is -0.300. The minimum Gasteiger partial charge on any atom is -0.365 e. The molecule has 1 heterocycles. The van der Waals surface area contributed by atoms with Gasteiger partial charge in [-0.05, 0) is 58.7 Å². The first-order valence-corrected chi connectivity index (χ1v) is 13.7. The second kappa shape index (κ2) is 14.9. The first-order valence-electron chi connectivity index (χ1n) is 13.7. The third-order valence-electron chi connectivity index (χ3n) is 7.31. The van der Waals surface area contributed by atoms with E-state index >= 15 is 0 Å². The van der Waals surface area contributed by atoms with E-state index < -0.39 is 0 Å². The zero-order chi connectivity index (χ0) is 28.4. The molecule has 1 heteroatoms. The number of rotatable bonds is 1. The van der Waals surface area contributed by atoms with Crippen molar-refractivity contribution < 1.29 is 4.74 Å². The maximum absolute atomic E-state index is 5.83. The van der Waals surface area contributed by atoms with Crippen molar-refractivity contribution in [3.63, 3.8) is 0 Å². The molecule has 0 spiro atoms. The van der Waals surface area contributed by atoms with Gasteiger partial charge in [-0.25, -0.2) is 0 Å². The van der Waals surface area contributed by atoms with Crippen LogP contribution in [0.4, 0.5) is 0 Å². The lowest BCUT2D eigenvalue weighted by Crippen LogP contribution is -2.33. The van der Waals surface area contributed by atoms with E-state index in [1.807, 2.05) is 0 Å². The van der Waals surface area contributed by atoms with Gasteiger partial charge in [0.15, 0.2) is 0 Å². The van der Waals surface area contributed by atoms with Gasteiger partial charge in [-0.1, -0.05) is 165 Å². The molecule has 3 atom stereocenters. The molecule has 0 aliphatic carbocycles. The van der Waals surface area contributed by atoms with Crippen molar-refractivity contribution in [2.24, 2.45) is 38.4 Å². The molecule has 1 aliphatic heterocycles. The van der Waals surface area contributed by atoms with Gasteiger partial charge in [0.25, 0.3) is 0 Å². The molecule has 1 nitrogen and oxygen atoms in total. The summed E-state index contributed by atoms with van der Waals surface area (Å²) in [7, 11) is 0. The Kier molecular flexibility index (Phi) is 18.8. The molecule has 0 aromatic rings. The molecule has 0 aromatic heterocycles. The largest absolute Gasteiger partial charge is 0.365 e. The summed E-state index contributed by atoms with van der Waals surface area (Å²) in [6, 6.07) is 0. The molecule has 0 aromatic carbocycles. The van der Waals surface area contributed by atoms with Crippen molar-refractivity contribution in [2.45, 2.75) is 186 Å².